The SMILES string of the molecule is CN(c1ccc(C(=O)O)nc1)c1cc(C2CC2)cc(C2CC2)c1. The number of aromatic carboxylic acids is 1. The summed E-state index contributed by atoms with van der Waals surface area (Å²) in [5.74, 6) is 0.465. The zero-order valence-electron chi connectivity index (χ0n) is 13.2. The van der Waals surface area contributed by atoms with Crippen LogP contribution >= 0.6 is 0 Å². The summed E-state index contributed by atoms with van der Waals surface area (Å²) < 4.78 is 0. The third-order valence-electron chi connectivity index (χ3n) is 4.80. The Morgan fingerprint density at radius 2 is 1.65 bits per heavy atom. The molecule has 1 heterocycles. The highest BCUT2D eigenvalue weighted by molar-refractivity contribution is 5.85. The number of anilines is 2. The highest BCUT2D eigenvalue weighted by Gasteiger charge is 2.29. The van der Waals surface area contributed by atoms with Crippen LogP contribution in [0.2, 0.25) is 0 Å². The van der Waals surface area contributed by atoms with Gasteiger partial charge in [0, 0.05) is 12.7 Å². The van der Waals surface area contributed by atoms with Gasteiger partial charge in [0.15, 0.2) is 0 Å². The molecule has 2 saturated carbocycles. The molecule has 0 unspecified atom stereocenters. The van der Waals surface area contributed by atoms with Gasteiger partial charge in [-0.3, -0.25) is 0 Å². The zero-order valence-corrected chi connectivity index (χ0v) is 13.2. The number of carbonyl (C=O) groups is 1. The van der Waals surface area contributed by atoms with E-state index in [-0.39, 0.29) is 5.69 Å². The quantitative estimate of drug-likeness (QED) is 0.894. The predicted molar refractivity (Wildman–Crippen MR) is 89.7 cm³/mol. The average Bonchev–Trinajstić information content (AvgIpc) is 3.46. The molecule has 1 aromatic heterocycles. The molecule has 4 nitrogen and oxygen atoms in total. The maximum atomic E-state index is 10.9. The summed E-state index contributed by atoms with van der Waals surface area (Å²) in [7, 11) is 2.01. The smallest absolute Gasteiger partial charge is 0.354 e. The van der Waals surface area contributed by atoms with Crippen molar-refractivity contribution < 1.29 is 9.90 Å². The Labute approximate surface area is 135 Å². The Morgan fingerprint density at radius 1 is 1.04 bits per heavy atom. The summed E-state index contributed by atoms with van der Waals surface area (Å²) in [6.07, 6.45) is 6.82. The average molecular weight is 308 g/mol. The van der Waals surface area contributed by atoms with E-state index in [1.807, 2.05) is 13.1 Å². The Bertz CT molecular complexity index is 716. The van der Waals surface area contributed by atoms with Gasteiger partial charge >= 0.3 is 5.97 Å². The van der Waals surface area contributed by atoms with Gasteiger partial charge in [0.2, 0.25) is 0 Å². The van der Waals surface area contributed by atoms with Gasteiger partial charge in [0.25, 0.3) is 0 Å². The molecular weight excluding hydrogens is 288 g/mol. The molecule has 4 heteroatoms. The van der Waals surface area contributed by atoms with E-state index in [4.69, 9.17) is 5.11 Å². The molecule has 2 fully saturated rings. The summed E-state index contributed by atoms with van der Waals surface area (Å²) >= 11 is 0. The van der Waals surface area contributed by atoms with Crippen LogP contribution in [0.15, 0.2) is 36.5 Å². The number of hydrogen-bond donors (Lipinski definition) is 1. The standard InChI is InChI=1S/C19H20N2O2/c1-21(16-6-7-18(19(22)23)20-11-16)17-9-14(12-2-3-12)8-15(10-17)13-4-5-13/h6-13H,2-5H2,1H3,(H,22,23). The van der Waals surface area contributed by atoms with Crippen LogP contribution in [0.5, 0.6) is 0 Å². The molecule has 0 bridgehead atoms. The van der Waals surface area contributed by atoms with Gasteiger partial charge in [0.1, 0.15) is 5.69 Å². The second-order valence-electron chi connectivity index (χ2n) is 6.67. The lowest BCUT2D eigenvalue weighted by Crippen LogP contribution is -2.11. The van der Waals surface area contributed by atoms with Gasteiger partial charge in [-0.1, -0.05) is 6.07 Å². The summed E-state index contributed by atoms with van der Waals surface area (Å²) in [6.45, 7) is 0. The molecule has 2 aromatic rings. The molecule has 4 rings (SSSR count). The summed E-state index contributed by atoms with van der Waals surface area (Å²) in [6, 6.07) is 10.3. The van der Waals surface area contributed by atoms with Gasteiger partial charge in [0.05, 0.1) is 11.9 Å². The molecular formula is C19H20N2O2. The number of rotatable bonds is 5. The number of nitrogens with zero attached hydrogens (tertiary/aromatic N) is 2. The van der Waals surface area contributed by atoms with Crippen LogP contribution in [0, 0.1) is 0 Å². The van der Waals surface area contributed by atoms with Gasteiger partial charge in [-0.05, 0) is 72.9 Å². The van der Waals surface area contributed by atoms with Crippen LogP contribution in [0.1, 0.15) is 59.1 Å². The second-order valence-corrected chi connectivity index (χ2v) is 6.67. The lowest BCUT2D eigenvalue weighted by atomic mass is 10.0. The first kappa shape index (κ1) is 14.2. The lowest BCUT2D eigenvalue weighted by molar-refractivity contribution is 0.0690. The van der Waals surface area contributed by atoms with E-state index in [2.05, 4.69) is 28.1 Å². The Morgan fingerprint density at radius 3 is 2.09 bits per heavy atom. The normalized spacial score (nSPS) is 17.1. The van der Waals surface area contributed by atoms with E-state index in [0.717, 1.165) is 17.5 Å². The number of pyridine rings is 1. The summed E-state index contributed by atoms with van der Waals surface area (Å²) in [4.78, 5) is 17.0. The maximum Gasteiger partial charge on any atom is 0.354 e. The Balaban J connectivity index is 1.66. The number of benzene rings is 1. The molecule has 1 N–H and O–H groups in total. The Hall–Kier alpha value is -2.36. The minimum atomic E-state index is -0.994. The number of carboxylic acids is 1. The fraction of sp³-hybridized carbons (Fsp3) is 0.368. The van der Waals surface area contributed by atoms with Crippen LogP contribution in [-0.2, 0) is 0 Å². The fourth-order valence-corrected chi connectivity index (χ4v) is 3.02. The van der Waals surface area contributed by atoms with Gasteiger partial charge < -0.3 is 10.0 Å². The van der Waals surface area contributed by atoms with Gasteiger partial charge in [-0.15, -0.1) is 0 Å². The largest absolute Gasteiger partial charge is 0.477 e. The number of aromatic nitrogens is 1. The monoisotopic (exact) mass is 308 g/mol. The molecule has 118 valence electrons. The third-order valence-corrected chi connectivity index (χ3v) is 4.80. The van der Waals surface area contributed by atoms with Gasteiger partial charge in [-0.2, -0.15) is 0 Å². The Kier molecular flexibility index (Phi) is 3.33. The van der Waals surface area contributed by atoms with Crippen molar-refractivity contribution in [2.24, 2.45) is 0 Å². The molecule has 0 saturated heterocycles. The van der Waals surface area contributed by atoms with Crippen molar-refractivity contribution in [2.75, 3.05) is 11.9 Å². The van der Waals surface area contributed by atoms with Crippen LogP contribution in [0.25, 0.3) is 0 Å². The van der Waals surface area contributed by atoms with Crippen molar-refractivity contribution >= 4 is 17.3 Å². The third kappa shape index (κ3) is 2.93. The molecule has 2 aliphatic carbocycles. The molecule has 1 aromatic carbocycles. The molecule has 0 radical (unpaired) electrons. The topological polar surface area (TPSA) is 53.4 Å². The molecule has 23 heavy (non-hydrogen) atoms. The molecule has 0 spiro atoms. The van der Waals surface area contributed by atoms with Crippen molar-refractivity contribution in [2.45, 2.75) is 37.5 Å². The van der Waals surface area contributed by atoms with E-state index >= 15 is 0 Å². The highest BCUT2D eigenvalue weighted by atomic mass is 16.4. The van der Waals surface area contributed by atoms with Crippen LogP contribution in [0.3, 0.4) is 0 Å². The van der Waals surface area contributed by atoms with E-state index in [1.165, 1.54) is 42.5 Å². The first-order valence-corrected chi connectivity index (χ1v) is 8.20. The molecule has 0 atom stereocenters. The van der Waals surface area contributed by atoms with Crippen LogP contribution in [-0.4, -0.2) is 23.1 Å². The maximum absolute atomic E-state index is 10.9. The van der Waals surface area contributed by atoms with Crippen molar-refractivity contribution in [3.05, 3.63) is 53.3 Å². The first-order valence-electron chi connectivity index (χ1n) is 8.20. The van der Waals surface area contributed by atoms with E-state index < -0.39 is 5.97 Å². The fourth-order valence-electron chi connectivity index (χ4n) is 3.02. The van der Waals surface area contributed by atoms with Gasteiger partial charge in [-0.25, -0.2) is 9.78 Å². The second kappa shape index (κ2) is 5.37. The highest BCUT2D eigenvalue weighted by Crippen LogP contribution is 2.46. The van der Waals surface area contributed by atoms with Crippen LogP contribution in [0.4, 0.5) is 11.4 Å². The predicted octanol–water partition coefficient (Wildman–Crippen LogP) is 4.30. The van der Waals surface area contributed by atoms with Crippen molar-refractivity contribution in [1.82, 2.24) is 4.98 Å². The zero-order chi connectivity index (χ0) is 16.0. The van der Waals surface area contributed by atoms with E-state index in [0.29, 0.717) is 0 Å². The first-order chi connectivity index (χ1) is 11.1. The van der Waals surface area contributed by atoms with Crippen molar-refractivity contribution in [3.8, 4) is 0 Å². The van der Waals surface area contributed by atoms with E-state index in [1.54, 1.807) is 12.3 Å². The molecule has 2 aliphatic rings. The minimum absolute atomic E-state index is 0.0764. The van der Waals surface area contributed by atoms with E-state index in [9.17, 15) is 4.79 Å². The van der Waals surface area contributed by atoms with Crippen LogP contribution < -0.4 is 4.90 Å². The molecule has 0 aliphatic heterocycles. The summed E-state index contributed by atoms with van der Waals surface area (Å²) in [5, 5.41) is 8.96. The lowest BCUT2D eigenvalue weighted by Gasteiger charge is -2.21. The van der Waals surface area contributed by atoms with Crippen molar-refractivity contribution in [3.63, 3.8) is 0 Å². The number of carboxylic acid groups (broad SMARTS) is 1. The summed E-state index contributed by atoms with van der Waals surface area (Å²) in [5.41, 5.74) is 5.05. The minimum Gasteiger partial charge on any atom is -0.477 e. The molecule has 0 amide bonds. The van der Waals surface area contributed by atoms with Crippen molar-refractivity contribution in [1.29, 1.82) is 0 Å². The number of hydrogen-bond acceptors (Lipinski definition) is 3.